The Bertz CT molecular complexity index is 758. The molecule has 0 aromatic carbocycles. The quantitative estimate of drug-likeness (QED) is 0.120. The highest BCUT2D eigenvalue weighted by Gasteiger charge is 2.22. The highest BCUT2D eigenvalue weighted by Crippen LogP contribution is 2.03. The molecule has 0 aliphatic rings. The molecule has 0 atom stereocenters. The number of alkyl carbamates (subject to hydrolysis) is 2. The molecule has 3 N–H and O–H groups in total. The number of methoxy groups -OCH3 is 1. The number of carbonyl (C=O) groups is 7. The molecule has 16 heteroatoms. The van der Waals surface area contributed by atoms with Gasteiger partial charge in [0.25, 0.3) is 0 Å². The Morgan fingerprint density at radius 2 is 1.37 bits per heavy atom. The molecule has 0 spiro atoms. The molecule has 35 heavy (non-hydrogen) atoms. The Hall–Kier alpha value is -4.63. The van der Waals surface area contributed by atoms with Crippen molar-refractivity contribution in [3.8, 4) is 0 Å². The molecule has 0 unspecified atom stereocenters. The second kappa shape index (κ2) is 17.9. The van der Waals surface area contributed by atoms with Crippen LogP contribution in [0.5, 0.6) is 0 Å². The average molecular weight is 502 g/mol. The molecule has 0 aliphatic carbocycles. The number of urea groups is 1. The minimum absolute atomic E-state index is 0.0386. The van der Waals surface area contributed by atoms with E-state index in [1.54, 1.807) is 0 Å². The molecule has 0 fully saturated rings. The summed E-state index contributed by atoms with van der Waals surface area (Å²) in [7, 11) is 1.07. The SMILES string of the molecule is C=CC(=O)OCOC(=O)CCCC(=O)N(CNC(=O)OC)C(=O)NCNC(=O)OCOC(=O)C=C. The number of nitrogens with zero attached hydrogens (tertiary/aromatic N) is 1. The van der Waals surface area contributed by atoms with Gasteiger partial charge in [-0.2, -0.15) is 0 Å². The van der Waals surface area contributed by atoms with Crippen LogP contribution in [0.15, 0.2) is 25.3 Å². The standard InChI is InChI=1S/C19H26N4O12/c1-4-14(25)32-11-34-16(27)8-6-7-13(24)23(10-22-18(29)31-3)17(28)20-9-21-19(30)35-12-33-15(26)5-2/h4-5H,1-2,6-12H2,3H3,(H,20,28)(H,21,30)(H,22,29). The molecule has 0 heterocycles. The highest BCUT2D eigenvalue weighted by atomic mass is 16.7. The summed E-state index contributed by atoms with van der Waals surface area (Å²) in [5.74, 6) is -3.15. The third-order valence-electron chi connectivity index (χ3n) is 3.50. The minimum Gasteiger partial charge on any atom is -0.453 e. The van der Waals surface area contributed by atoms with Gasteiger partial charge < -0.3 is 39.6 Å². The molecule has 0 bridgehead atoms. The number of nitrogens with one attached hydrogen (secondary N) is 3. The number of hydrogen-bond acceptors (Lipinski definition) is 12. The zero-order valence-electron chi connectivity index (χ0n) is 18.9. The zero-order valence-corrected chi connectivity index (χ0v) is 18.9. The van der Waals surface area contributed by atoms with Crippen molar-refractivity contribution < 1.29 is 57.2 Å². The summed E-state index contributed by atoms with van der Waals surface area (Å²) in [5, 5.41) is 6.43. The summed E-state index contributed by atoms with van der Waals surface area (Å²) in [5.41, 5.74) is 0. The fourth-order valence-electron chi connectivity index (χ4n) is 1.83. The van der Waals surface area contributed by atoms with E-state index in [9.17, 15) is 33.6 Å². The lowest BCUT2D eigenvalue weighted by atomic mass is 10.2. The molecule has 5 amide bonds. The summed E-state index contributed by atoms with van der Waals surface area (Å²) in [6.07, 6.45) is -0.812. The van der Waals surface area contributed by atoms with E-state index in [2.05, 4.69) is 52.8 Å². The molecule has 0 rings (SSSR count). The topological polar surface area (TPSA) is 205 Å². The van der Waals surface area contributed by atoms with E-state index in [0.717, 1.165) is 19.3 Å². The Morgan fingerprint density at radius 1 is 0.771 bits per heavy atom. The van der Waals surface area contributed by atoms with Gasteiger partial charge in [0, 0.05) is 25.0 Å². The van der Waals surface area contributed by atoms with E-state index in [-0.39, 0.29) is 19.3 Å². The van der Waals surface area contributed by atoms with Gasteiger partial charge in [-0.1, -0.05) is 13.2 Å². The van der Waals surface area contributed by atoms with Gasteiger partial charge in [-0.15, -0.1) is 0 Å². The maximum Gasteiger partial charge on any atom is 0.411 e. The molecule has 0 aromatic heterocycles. The number of amides is 5. The Balaban J connectivity index is 4.59. The Morgan fingerprint density at radius 3 is 1.94 bits per heavy atom. The maximum absolute atomic E-state index is 12.4. The Labute approximate surface area is 199 Å². The predicted molar refractivity (Wildman–Crippen MR) is 113 cm³/mol. The second-order valence-electron chi connectivity index (χ2n) is 5.86. The fraction of sp³-hybridized carbons (Fsp3) is 0.421. The first-order chi connectivity index (χ1) is 16.6. The van der Waals surface area contributed by atoms with E-state index in [0.29, 0.717) is 4.90 Å². The largest absolute Gasteiger partial charge is 0.453 e. The van der Waals surface area contributed by atoms with E-state index in [1.165, 1.54) is 0 Å². The number of hydrogen-bond donors (Lipinski definition) is 3. The molecule has 0 aliphatic heterocycles. The molecule has 0 radical (unpaired) electrons. The fourth-order valence-corrected chi connectivity index (χ4v) is 1.83. The lowest BCUT2D eigenvalue weighted by molar-refractivity contribution is -0.164. The van der Waals surface area contributed by atoms with Crippen LogP contribution in [-0.2, 0) is 42.9 Å². The van der Waals surface area contributed by atoms with Crippen molar-refractivity contribution in [2.24, 2.45) is 0 Å². The molecule has 194 valence electrons. The van der Waals surface area contributed by atoms with Gasteiger partial charge in [-0.05, 0) is 6.42 Å². The first-order valence-corrected chi connectivity index (χ1v) is 9.69. The Kier molecular flexibility index (Phi) is 15.5. The van der Waals surface area contributed by atoms with Crippen LogP contribution >= 0.6 is 0 Å². The normalized spacial score (nSPS) is 9.40. The average Bonchev–Trinajstić information content (AvgIpc) is 2.83. The molecular weight excluding hydrogens is 476 g/mol. The van der Waals surface area contributed by atoms with Crippen LogP contribution in [0.1, 0.15) is 19.3 Å². The predicted octanol–water partition coefficient (Wildman–Crippen LogP) is -0.391. The number of esters is 3. The molecule has 0 saturated heterocycles. The van der Waals surface area contributed by atoms with Crippen LogP contribution < -0.4 is 16.0 Å². The van der Waals surface area contributed by atoms with Gasteiger partial charge in [0.15, 0.2) is 0 Å². The summed E-state index contributed by atoms with van der Waals surface area (Å²) in [4.78, 5) is 81.3. The van der Waals surface area contributed by atoms with Crippen molar-refractivity contribution in [3.63, 3.8) is 0 Å². The summed E-state index contributed by atoms with van der Waals surface area (Å²) in [6, 6.07) is -1.01. The van der Waals surface area contributed by atoms with Gasteiger partial charge in [0.2, 0.25) is 19.5 Å². The van der Waals surface area contributed by atoms with Crippen molar-refractivity contribution >= 4 is 42.0 Å². The molecular formula is C19H26N4O12. The first-order valence-electron chi connectivity index (χ1n) is 9.69. The summed E-state index contributed by atoms with van der Waals surface area (Å²) in [6.45, 7) is 3.92. The first kappa shape index (κ1) is 30.4. The van der Waals surface area contributed by atoms with Gasteiger partial charge in [0.05, 0.1) is 13.8 Å². The van der Waals surface area contributed by atoms with Crippen LogP contribution in [-0.4, -0.2) is 81.0 Å². The number of carbonyl (C=O) groups excluding carboxylic acids is 7. The van der Waals surface area contributed by atoms with Gasteiger partial charge >= 0.3 is 36.1 Å². The lowest BCUT2D eigenvalue weighted by Crippen LogP contribution is -2.51. The van der Waals surface area contributed by atoms with E-state index >= 15 is 0 Å². The number of ether oxygens (including phenoxy) is 5. The summed E-state index contributed by atoms with van der Waals surface area (Å²) < 4.78 is 22.4. The second-order valence-corrected chi connectivity index (χ2v) is 5.86. The van der Waals surface area contributed by atoms with E-state index < -0.39 is 69.0 Å². The van der Waals surface area contributed by atoms with Crippen LogP contribution in [0.2, 0.25) is 0 Å². The summed E-state index contributed by atoms with van der Waals surface area (Å²) >= 11 is 0. The number of imide groups is 1. The molecule has 0 saturated carbocycles. The van der Waals surface area contributed by atoms with Gasteiger partial charge in [-0.25, -0.2) is 28.9 Å². The van der Waals surface area contributed by atoms with Gasteiger partial charge in [0.1, 0.15) is 6.67 Å². The van der Waals surface area contributed by atoms with Crippen molar-refractivity contribution in [1.29, 1.82) is 0 Å². The minimum atomic E-state index is -1.05. The smallest absolute Gasteiger partial charge is 0.411 e. The number of rotatable bonds is 14. The highest BCUT2D eigenvalue weighted by molar-refractivity contribution is 5.94. The lowest BCUT2D eigenvalue weighted by Gasteiger charge is -2.21. The van der Waals surface area contributed by atoms with Crippen molar-refractivity contribution in [3.05, 3.63) is 25.3 Å². The van der Waals surface area contributed by atoms with Crippen molar-refractivity contribution in [1.82, 2.24) is 20.9 Å². The van der Waals surface area contributed by atoms with E-state index in [4.69, 9.17) is 0 Å². The third kappa shape index (κ3) is 14.9. The van der Waals surface area contributed by atoms with Crippen LogP contribution in [0.3, 0.4) is 0 Å². The van der Waals surface area contributed by atoms with Crippen LogP contribution in [0.4, 0.5) is 14.4 Å². The van der Waals surface area contributed by atoms with Crippen molar-refractivity contribution in [2.75, 3.05) is 34.0 Å². The molecule has 16 nitrogen and oxygen atoms in total. The van der Waals surface area contributed by atoms with Crippen LogP contribution in [0, 0.1) is 0 Å². The maximum atomic E-state index is 12.4. The monoisotopic (exact) mass is 502 g/mol. The third-order valence-corrected chi connectivity index (χ3v) is 3.50. The zero-order chi connectivity index (χ0) is 26.6. The van der Waals surface area contributed by atoms with Crippen molar-refractivity contribution in [2.45, 2.75) is 19.3 Å². The van der Waals surface area contributed by atoms with Gasteiger partial charge in [-0.3, -0.25) is 9.59 Å². The van der Waals surface area contributed by atoms with Crippen LogP contribution in [0.25, 0.3) is 0 Å². The molecule has 0 aromatic rings. The van der Waals surface area contributed by atoms with E-state index in [1.807, 2.05) is 0 Å².